The molecule has 1 atom stereocenters. The molecule has 1 rings (SSSR count). The lowest BCUT2D eigenvalue weighted by atomic mass is 10.1. The van der Waals surface area contributed by atoms with Crippen LogP contribution in [-0.2, 0) is 14.3 Å². The van der Waals surface area contributed by atoms with Crippen LogP contribution in [-0.4, -0.2) is 24.5 Å². The second kappa shape index (κ2) is 7.04. The molecule has 1 aliphatic heterocycles. The van der Waals surface area contributed by atoms with Crippen molar-refractivity contribution in [1.29, 1.82) is 0 Å². The molecule has 4 heteroatoms. The first-order valence-corrected chi connectivity index (χ1v) is 5.85. The number of rotatable bonds is 4. The molecule has 16 heavy (non-hydrogen) atoms. The SMILES string of the molecule is CCOC(=O)C=CCC1CCCCC(=O)N1. The Hall–Kier alpha value is -1.32. The van der Waals surface area contributed by atoms with Gasteiger partial charge >= 0.3 is 5.97 Å². The summed E-state index contributed by atoms with van der Waals surface area (Å²) >= 11 is 0. The summed E-state index contributed by atoms with van der Waals surface area (Å²) in [5.41, 5.74) is 0. The summed E-state index contributed by atoms with van der Waals surface area (Å²) in [6.07, 6.45) is 7.54. The third kappa shape index (κ3) is 4.96. The van der Waals surface area contributed by atoms with Gasteiger partial charge in [0.15, 0.2) is 0 Å². The molecule has 4 nitrogen and oxygen atoms in total. The van der Waals surface area contributed by atoms with Gasteiger partial charge in [-0.25, -0.2) is 4.79 Å². The van der Waals surface area contributed by atoms with E-state index in [1.807, 2.05) is 0 Å². The van der Waals surface area contributed by atoms with Crippen LogP contribution in [0.5, 0.6) is 0 Å². The molecule has 0 aliphatic carbocycles. The van der Waals surface area contributed by atoms with Crippen LogP contribution in [0.25, 0.3) is 0 Å². The van der Waals surface area contributed by atoms with E-state index in [1.165, 1.54) is 6.08 Å². The van der Waals surface area contributed by atoms with Crippen LogP contribution in [0, 0.1) is 0 Å². The van der Waals surface area contributed by atoms with Gasteiger partial charge < -0.3 is 10.1 Å². The van der Waals surface area contributed by atoms with Crippen molar-refractivity contribution in [3.63, 3.8) is 0 Å². The highest BCUT2D eigenvalue weighted by molar-refractivity contribution is 5.81. The van der Waals surface area contributed by atoms with Gasteiger partial charge in [-0.2, -0.15) is 0 Å². The fraction of sp³-hybridized carbons (Fsp3) is 0.667. The number of nitrogens with one attached hydrogen (secondary N) is 1. The first-order chi connectivity index (χ1) is 7.72. The van der Waals surface area contributed by atoms with Gasteiger partial charge in [-0.15, -0.1) is 0 Å². The Bertz CT molecular complexity index is 273. The van der Waals surface area contributed by atoms with Crippen molar-refractivity contribution in [2.24, 2.45) is 0 Å². The molecule has 0 radical (unpaired) electrons. The average Bonchev–Trinajstić information content (AvgIpc) is 2.43. The predicted octanol–water partition coefficient (Wildman–Crippen LogP) is 1.55. The standard InChI is InChI=1S/C12H19NO3/c1-2-16-12(15)9-5-7-10-6-3-4-8-11(14)13-10/h5,9-10H,2-4,6-8H2,1H3,(H,13,14). The van der Waals surface area contributed by atoms with Crippen molar-refractivity contribution in [2.45, 2.75) is 45.1 Å². The fourth-order valence-corrected chi connectivity index (χ4v) is 1.74. The van der Waals surface area contributed by atoms with E-state index in [-0.39, 0.29) is 17.9 Å². The predicted molar refractivity (Wildman–Crippen MR) is 60.8 cm³/mol. The zero-order chi connectivity index (χ0) is 11.8. The second-order valence-corrected chi connectivity index (χ2v) is 3.90. The molecule has 1 heterocycles. The molecular weight excluding hydrogens is 206 g/mol. The summed E-state index contributed by atoms with van der Waals surface area (Å²) in [4.78, 5) is 22.3. The molecule has 1 saturated heterocycles. The maximum absolute atomic E-state index is 11.3. The monoisotopic (exact) mass is 225 g/mol. The molecule has 0 saturated carbocycles. The lowest BCUT2D eigenvalue weighted by molar-refractivity contribution is -0.137. The lowest BCUT2D eigenvalue weighted by Gasteiger charge is -2.12. The minimum atomic E-state index is -0.317. The molecule has 1 fully saturated rings. The summed E-state index contributed by atoms with van der Waals surface area (Å²) in [5, 5.41) is 2.94. The summed E-state index contributed by atoms with van der Waals surface area (Å²) in [6.45, 7) is 2.17. The summed E-state index contributed by atoms with van der Waals surface area (Å²) in [7, 11) is 0. The first-order valence-electron chi connectivity index (χ1n) is 5.85. The van der Waals surface area contributed by atoms with Gasteiger partial charge in [-0.05, 0) is 26.2 Å². The number of hydrogen-bond donors (Lipinski definition) is 1. The highest BCUT2D eigenvalue weighted by Gasteiger charge is 2.14. The minimum absolute atomic E-state index is 0.118. The number of esters is 1. The van der Waals surface area contributed by atoms with E-state index >= 15 is 0 Å². The minimum Gasteiger partial charge on any atom is -0.463 e. The Kier molecular flexibility index (Phi) is 5.61. The normalized spacial score (nSPS) is 21.6. The van der Waals surface area contributed by atoms with Gasteiger partial charge in [0.25, 0.3) is 0 Å². The number of hydrogen-bond acceptors (Lipinski definition) is 3. The Morgan fingerprint density at radius 1 is 1.56 bits per heavy atom. The van der Waals surface area contributed by atoms with Crippen LogP contribution in [0.1, 0.15) is 39.0 Å². The van der Waals surface area contributed by atoms with Crippen molar-refractivity contribution in [2.75, 3.05) is 6.61 Å². The van der Waals surface area contributed by atoms with E-state index < -0.39 is 0 Å². The van der Waals surface area contributed by atoms with Gasteiger partial charge in [-0.3, -0.25) is 4.79 Å². The zero-order valence-electron chi connectivity index (χ0n) is 9.70. The molecule has 0 aromatic heterocycles. The third-order valence-electron chi connectivity index (χ3n) is 2.53. The number of ether oxygens (including phenoxy) is 1. The lowest BCUT2D eigenvalue weighted by Crippen LogP contribution is -2.32. The quantitative estimate of drug-likeness (QED) is 0.583. The molecular formula is C12H19NO3. The van der Waals surface area contributed by atoms with Gasteiger partial charge in [0, 0.05) is 18.5 Å². The Morgan fingerprint density at radius 3 is 3.12 bits per heavy atom. The van der Waals surface area contributed by atoms with Crippen LogP contribution >= 0.6 is 0 Å². The van der Waals surface area contributed by atoms with Gasteiger partial charge in [0.05, 0.1) is 6.61 Å². The van der Waals surface area contributed by atoms with Crippen LogP contribution in [0.15, 0.2) is 12.2 Å². The maximum atomic E-state index is 11.3. The first kappa shape index (κ1) is 12.7. The van der Waals surface area contributed by atoms with E-state index in [0.29, 0.717) is 19.4 Å². The maximum Gasteiger partial charge on any atom is 0.330 e. The molecule has 0 aromatic carbocycles. The molecule has 1 N–H and O–H groups in total. The zero-order valence-corrected chi connectivity index (χ0v) is 9.70. The van der Waals surface area contributed by atoms with E-state index in [2.05, 4.69) is 5.32 Å². The topological polar surface area (TPSA) is 55.4 Å². The average molecular weight is 225 g/mol. The molecule has 90 valence electrons. The van der Waals surface area contributed by atoms with E-state index in [0.717, 1.165) is 19.3 Å². The Morgan fingerprint density at radius 2 is 2.38 bits per heavy atom. The number of amides is 1. The van der Waals surface area contributed by atoms with Crippen LogP contribution in [0.4, 0.5) is 0 Å². The van der Waals surface area contributed by atoms with Gasteiger partial charge in [0.1, 0.15) is 0 Å². The number of carbonyl (C=O) groups excluding carboxylic acids is 2. The van der Waals surface area contributed by atoms with Gasteiger partial charge in [0.2, 0.25) is 5.91 Å². The highest BCUT2D eigenvalue weighted by Crippen LogP contribution is 2.12. The van der Waals surface area contributed by atoms with E-state index in [4.69, 9.17) is 4.74 Å². The Labute approximate surface area is 96.0 Å². The van der Waals surface area contributed by atoms with Gasteiger partial charge in [-0.1, -0.05) is 12.5 Å². The van der Waals surface area contributed by atoms with Crippen molar-refractivity contribution in [3.8, 4) is 0 Å². The summed E-state index contributed by atoms with van der Waals surface area (Å²) < 4.78 is 4.76. The molecule has 1 unspecified atom stereocenters. The van der Waals surface area contributed by atoms with Crippen molar-refractivity contribution < 1.29 is 14.3 Å². The highest BCUT2D eigenvalue weighted by atomic mass is 16.5. The fourth-order valence-electron chi connectivity index (χ4n) is 1.74. The molecule has 0 bridgehead atoms. The molecule has 1 aliphatic rings. The Balaban J connectivity index is 2.30. The smallest absolute Gasteiger partial charge is 0.330 e. The second-order valence-electron chi connectivity index (χ2n) is 3.90. The number of carbonyl (C=O) groups is 2. The van der Waals surface area contributed by atoms with Crippen LogP contribution in [0.3, 0.4) is 0 Å². The van der Waals surface area contributed by atoms with Crippen LogP contribution in [0.2, 0.25) is 0 Å². The largest absolute Gasteiger partial charge is 0.463 e. The summed E-state index contributed by atoms with van der Waals surface area (Å²) in [5.74, 6) is -0.200. The molecule has 0 aromatic rings. The third-order valence-corrected chi connectivity index (χ3v) is 2.53. The molecule has 0 spiro atoms. The van der Waals surface area contributed by atoms with E-state index in [1.54, 1.807) is 13.0 Å². The van der Waals surface area contributed by atoms with Crippen molar-refractivity contribution in [3.05, 3.63) is 12.2 Å². The van der Waals surface area contributed by atoms with Crippen molar-refractivity contribution in [1.82, 2.24) is 5.32 Å². The van der Waals surface area contributed by atoms with E-state index in [9.17, 15) is 9.59 Å². The van der Waals surface area contributed by atoms with Crippen molar-refractivity contribution >= 4 is 11.9 Å². The van der Waals surface area contributed by atoms with Crippen LogP contribution < -0.4 is 5.32 Å². The summed E-state index contributed by atoms with van der Waals surface area (Å²) in [6, 6.07) is 0.167. The molecule has 1 amide bonds.